The number of hydrogen-bond donors (Lipinski definition) is 1. The quantitative estimate of drug-likeness (QED) is 0.914. The van der Waals surface area contributed by atoms with Crippen molar-refractivity contribution in [2.75, 3.05) is 13.7 Å². The second-order valence-corrected chi connectivity index (χ2v) is 4.15. The molecule has 0 aromatic heterocycles. The van der Waals surface area contributed by atoms with Gasteiger partial charge in [-0.25, -0.2) is 8.78 Å². The van der Waals surface area contributed by atoms with Gasteiger partial charge in [-0.15, -0.1) is 0 Å². The molecule has 0 bridgehead atoms. The molecule has 20 heavy (non-hydrogen) atoms. The van der Waals surface area contributed by atoms with Crippen molar-refractivity contribution in [2.24, 2.45) is 0 Å². The topological polar surface area (TPSA) is 38.7 Å². The zero-order chi connectivity index (χ0) is 14.5. The van der Waals surface area contributed by atoms with Crippen LogP contribution in [0, 0.1) is 11.6 Å². The number of aliphatic hydroxyl groups is 1. The minimum atomic E-state index is -1.25. The summed E-state index contributed by atoms with van der Waals surface area (Å²) >= 11 is 0. The summed E-state index contributed by atoms with van der Waals surface area (Å²) in [5.74, 6) is -0.980. The fraction of sp³-hybridized carbons (Fsp3) is 0.200. The Kier molecular flexibility index (Phi) is 4.53. The van der Waals surface area contributed by atoms with E-state index in [0.717, 1.165) is 6.07 Å². The maximum absolute atomic E-state index is 13.5. The molecular formula is C15H14F2O3. The van der Waals surface area contributed by atoms with E-state index in [0.29, 0.717) is 11.5 Å². The second-order valence-electron chi connectivity index (χ2n) is 4.15. The molecule has 2 aromatic carbocycles. The lowest BCUT2D eigenvalue weighted by Gasteiger charge is -2.14. The van der Waals surface area contributed by atoms with Crippen LogP contribution in [0.1, 0.15) is 11.7 Å². The fourth-order valence-electron chi connectivity index (χ4n) is 1.73. The lowest BCUT2D eigenvalue weighted by atomic mass is 10.1. The van der Waals surface area contributed by atoms with Crippen LogP contribution in [0.5, 0.6) is 11.5 Å². The van der Waals surface area contributed by atoms with E-state index in [1.54, 1.807) is 24.3 Å². The maximum atomic E-state index is 13.5. The number of halogens is 2. The van der Waals surface area contributed by atoms with Crippen LogP contribution in [-0.4, -0.2) is 18.8 Å². The van der Waals surface area contributed by atoms with E-state index in [1.165, 1.54) is 19.2 Å². The van der Waals surface area contributed by atoms with Crippen molar-refractivity contribution in [3.63, 3.8) is 0 Å². The third-order valence-electron chi connectivity index (χ3n) is 2.79. The van der Waals surface area contributed by atoms with Crippen LogP contribution >= 0.6 is 0 Å². The zero-order valence-corrected chi connectivity index (χ0v) is 10.8. The molecule has 0 spiro atoms. The van der Waals surface area contributed by atoms with E-state index in [1.807, 2.05) is 0 Å². The molecule has 2 aromatic rings. The average Bonchev–Trinajstić information content (AvgIpc) is 2.48. The van der Waals surface area contributed by atoms with Gasteiger partial charge in [0.15, 0.2) is 11.6 Å². The summed E-state index contributed by atoms with van der Waals surface area (Å²) in [5, 5.41) is 9.85. The number of rotatable bonds is 5. The van der Waals surface area contributed by atoms with Gasteiger partial charge in [-0.2, -0.15) is 0 Å². The molecule has 0 radical (unpaired) electrons. The summed E-state index contributed by atoms with van der Waals surface area (Å²) in [5.41, 5.74) is -0.132. The molecule has 1 unspecified atom stereocenters. The molecule has 0 aliphatic carbocycles. The van der Waals surface area contributed by atoms with Crippen molar-refractivity contribution in [3.05, 3.63) is 59.7 Å². The molecule has 1 N–H and O–H groups in total. The van der Waals surface area contributed by atoms with Gasteiger partial charge in [0.25, 0.3) is 0 Å². The first-order chi connectivity index (χ1) is 9.61. The third-order valence-corrected chi connectivity index (χ3v) is 2.79. The molecule has 3 nitrogen and oxygen atoms in total. The van der Waals surface area contributed by atoms with Crippen LogP contribution in [0.15, 0.2) is 42.5 Å². The second kappa shape index (κ2) is 6.34. The number of hydrogen-bond acceptors (Lipinski definition) is 3. The van der Waals surface area contributed by atoms with Crippen LogP contribution in [0.2, 0.25) is 0 Å². The average molecular weight is 280 g/mol. The molecule has 0 aliphatic heterocycles. The van der Waals surface area contributed by atoms with Crippen LogP contribution < -0.4 is 9.47 Å². The normalized spacial score (nSPS) is 12.0. The van der Waals surface area contributed by atoms with Gasteiger partial charge in [0.1, 0.15) is 24.2 Å². The lowest BCUT2D eigenvalue weighted by molar-refractivity contribution is 0.104. The van der Waals surface area contributed by atoms with Gasteiger partial charge >= 0.3 is 0 Å². The number of methoxy groups -OCH3 is 1. The van der Waals surface area contributed by atoms with Crippen LogP contribution in [0.25, 0.3) is 0 Å². The predicted octanol–water partition coefficient (Wildman–Crippen LogP) is 3.09. The van der Waals surface area contributed by atoms with Crippen molar-refractivity contribution in [3.8, 4) is 11.5 Å². The Balaban J connectivity index is 2.04. The van der Waals surface area contributed by atoms with E-state index in [9.17, 15) is 13.9 Å². The summed E-state index contributed by atoms with van der Waals surface area (Å²) in [4.78, 5) is 0. The Morgan fingerprint density at radius 2 is 1.80 bits per heavy atom. The van der Waals surface area contributed by atoms with E-state index >= 15 is 0 Å². The summed E-state index contributed by atoms with van der Waals surface area (Å²) in [7, 11) is 1.52. The van der Waals surface area contributed by atoms with Gasteiger partial charge in [0.2, 0.25) is 0 Å². The molecule has 5 heteroatoms. The fourth-order valence-corrected chi connectivity index (χ4v) is 1.73. The first kappa shape index (κ1) is 14.3. The number of ether oxygens (including phenoxy) is 2. The molecule has 0 saturated carbocycles. The number of benzene rings is 2. The zero-order valence-electron chi connectivity index (χ0n) is 10.8. The highest BCUT2D eigenvalue weighted by molar-refractivity contribution is 5.33. The Hall–Kier alpha value is -2.14. The largest absolute Gasteiger partial charge is 0.497 e. The molecule has 2 rings (SSSR count). The molecule has 0 aliphatic rings. The highest BCUT2D eigenvalue weighted by Gasteiger charge is 2.16. The number of aliphatic hydroxyl groups excluding tert-OH is 1. The SMILES string of the molecule is COc1cccc(OCC(O)c2cccc(F)c2F)c1. The molecular weight excluding hydrogens is 266 g/mol. The maximum Gasteiger partial charge on any atom is 0.164 e. The molecule has 1 atom stereocenters. The van der Waals surface area contributed by atoms with Crippen LogP contribution in [-0.2, 0) is 0 Å². The van der Waals surface area contributed by atoms with Gasteiger partial charge in [0.05, 0.1) is 7.11 Å². The summed E-state index contributed by atoms with van der Waals surface area (Å²) in [6.07, 6.45) is -1.25. The standard InChI is InChI=1S/C15H14F2O3/c1-19-10-4-2-5-11(8-10)20-9-14(18)12-6-3-7-13(16)15(12)17/h2-8,14,18H,9H2,1H3. The Morgan fingerprint density at radius 3 is 2.55 bits per heavy atom. The smallest absolute Gasteiger partial charge is 0.164 e. The van der Waals surface area contributed by atoms with Crippen molar-refractivity contribution in [1.82, 2.24) is 0 Å². The van der Waals surface area contributed by atoms with Gasteiger partial charge < -0.3 is 14.6 Å². The van der Waals surface area contributed by atoms with Gasteiger partial charge in [-0.3, -0.25) is 0 Å². The van der Waals surface area contributed by atoms with E-state index in [-0.39, 0.29) is 12.2 Å². The first-order valence-corrected chi connectivity index (χ1v) is 6.00. The Bertz CT molecular complexity index is 587. The summed E-state index contributed by atoms with van der Waals surface area (Å²) in [6, 6.07) is 10.4. The van der Waals surface area contributed by atoms with Gasteiger partial charge in [-0.05, 0) is 18.2 Å². The monoisotopic (exact) mass is 280 g/mol. The molecule has 0 heterocycles. The predicted molar refractivity (Wildman–Crippen MR) is 69.8 cm³/mol. The Morgan fingerprint density at radius 1 is 1.10 bits per heavy atom. The van der Waals surface area contributed by atoms with Crippen molar-refractivity contribution < 1.29 is 23.4 Å². The minimum absolute atomic E-state index is 0.132. The van der Waals surface area contributed by atoms with Gasteiger partial charge in [-0.1, -0.05) is 18.2 Å². The highest BCUT2D eigenvalue weighted by Crippen LogP contribution is 2.23. The lowest BCUT2D eigenvalue weighted by Crippen LogP contribution is -2.12. The van der Waals surface area contributed by atoms with E-state index in [4.69, 9.17) is 9.47 Å². The molecule has 0 saturated heterocycles. The highest BCUT2D eigenvalue weighted by atomic mass is 19.2. The summed E-state index contributed by atoms with van der Waals surface area (Å²) in [6.45, 7) is -0.187. The molecule has 0 amide bonds. The Labute approximate surface area is 115 Å². The van der Waals surface area contributed by atoms with E-state index < -0.39 is 17.7 Å². The van der Waals surface area contributed by atoms with Crippen LogP contribution in [0.3, 0.4) is 0 Å². The first-order valence-electron chi connectivity index (χ1n) is 6.00. The van der Waals surface area contributed by atoms with Crippen LogP contribution in [0.4, 0.5) is 8.78 Å². The molecule has 106 valence electrons. The van der Waals surface area contributed by atoms with Crippen molar-refractivity contribution >= 4 is 0 Å². The van der Waals surface area contributed by atoms with Gasteiger partial charge in [0, 0.05) is 11.6 Å². The van der Waals surface area contributed by atoms with Crippen molar-refractivity contribution in [2.45, 2.75) is 6.10 Å². The minimum Gasteiger partial charge on any atom is -0.497 e. The third kappa shape index (κ3) is 3.24. The van der Waals surface area contributed by atoms with E-state index in [2.05, 4.69) is 0 Å². The van der Waals surface area contributed by atoms with Crippen molar-refractivity contribution in [1.29, 1.82) is 0 Å². The summed E-state index contributed by atoms with van der Waals surface area (Å²) < 4.78 is 36.9. The molecule has 0 fully saturated rings.